The highest BCUT2D eigenvalue weighted by molar-refractivity contribution is 6.35. The summed E-state index contributed by atoms with van der Waals surface area (Å²) in [6.45, 7) is 1.93. The summed E-state index contributed by atoms with van der Waals surface area (Å²) in [4.78, 5) is 28.7. The van der Waals surface area contributed by atoms with Crippen molar-refractivity contribution >= 4 is 35.3 Å². The molecule has 0 spiro atoms. The molecule has 31 heavy (non-hydrogen) atoms. The van der Waals surface area contributed by atoms with E-state index in [-0.39, 0.29) is 24.2 Å². The van der Waals surface area contributed by atoms with Crippen LogP contribution in [0.1, 0.15) is 24.0 Å². The Balaban J connectivity index is 1.30. The van der Waals surface area contributed by atoms with E-state index in [4.69, 9.17) is 27.9 Å². The van der Waals surface area contributed by atoms with Gasteiger partial charge in [0, 0.05) is 35.7 Å². The van der Waals surface area contributed by atoms with Crippen LogP contribution in [0.25, 0.3) is 0 Å². The molecule has 0 saturated carbocycles. The van der Waals surface area contributed by atoms with E-state index in [0.717, 1.165) is 24.8 Å². The van der Waals surface area contributed by atoms with Crippen LogP contribution in [-0.2, 0) is 17.7 Å². The highest BCUT2D eigenvalue weighted by Crippen LogP contribution is 2.26. The van der Waals surface area contributed by atoms with Crippen molar-refractivity contribution < 1.29 is 14.3 Å². The van der Waals surface area contributed by atoms with Crippen LogP contribution in [0.5, 0.6) is 0 Å². The van der Waals surface area contributed by atoms with Gasteiger partial charge in [-0.05, 0) is 42.5 Å². The lowest BCUT2D eigenvalue weighted by Gasteiger charge is -2.37. The number of nitrogens with one attached hydrogen (secondary N) is 1. The zero-order chi connectivity index (χ0) is 21.8. The first-order valence-corrected chi connectivity index (χ1v) is 11.2. The molecule has 3 amide bonds. The molecule has 2 fully saturated rings. The van der Waals surface area contributed by atoms with Gasteiger partial charge in [-0.1, -0.05) is 59.6 Å². The van der Waals surface area contributed by atoms with E-state index in [0.29, 0.717) is 36.3 Å². The summed E-state index contributed by atoms with van der Waals surface area (Å²) in [6, 6.07) is 15.3. The molecule has 6 nitrogen and oxygen atoms in total. The maximum absolute atomic E-state index is 12.6. The number of cyclic esters (lactones) is 1. The number of piperidine rings is 1. The maximum Gasteiger partial charge on any atom is 0.410 e. The molecule has 0 radical (unpaired) electrons. The third-order valence-corrected chi connectivity index (χ3v) is 6.49. The summed E-state index contributed by atoms with van der Waals surface area (Å²) >= 11 is 12.1. The smallest absolute Gasteiger partial charge is 0.410 e. The zero-order valence-electron chi connectivity index (χ0n) is 17.1. The second kappa shape index (κ2) is 9.79. The highest BCUT2D eigenvalue weighted by atomic mass is 35.5. The number of hydrogen-bond acceptors (Lipinski definition) is 3. The van der Waals surface area contributed by atoms with E-state index in [1.54, 1.807) is 17.0 Å². The molecule has 0 aromatic heterocycles. The Labute approximate surface area is 192 Å². The number of hydrogen-bond donors (Lipinski definition) is 1. The Morgan fingerprint density at radius 1 is 1.10 bits per heavy atom. The van der Waals surface area contributed by atoms with Crippen LogP contribution >= 0.6 is 23.2 Å². The fourth-order valence-corrected chi connectivity index (χ4v) is 4.73. The lowest BCUT2D eigenvalue weighted by molar-refractivity contribution is 0.113. The van der Waals surface area contributed by atoms with Crippen molar-refractivity contribution in [2.24, 2.45) is 0 Å². The van der Waals surface area contributed by atoms with Crippen LogP contribution in [-0.4, -0.2) is 53.7 Å². The van der Waals surface area contributed by atoms with Crippen LogP contribution in [0, 0.1) is 0 Å². The molecule has 2 heterocycles. The van der Waals surface area contributed by atoms with Gasteiger partial charge < -0.3 is 15.0 Å². The quantitative estimate of drug-likeness (QED) is 0.699. The van der Waals surface area contributed by atoms with Gasteiger partial charge in [0.15, 0.2) is 0 Å². The number of benzene rings is 2. The van der Waals surface area contributed by atoms with Gasteiger partial charge in [0.05, 0.1) is 6.04 Å². The predicted octanol–water partition coefficient (Wildman–Crippen LogP) is 4.73. The summed E-state index contributed by atoms with van der Waals surface area (Å²) in [7, 11) is 0. The van der Waals surface area contributed by atoms with Crippen LogP contribution < -0.4 is 5.32 Å². The summed E-state index contributed by atoms with van der Waals surface area (Å²) in [5.74, 6) is 0. The second-order valence-corrected chi connectivity index (χ2v) is 8.78. The van der Waals surface area contributed by atoms with Crippen molar-refractivity contribution in [3.8, 4) is 0 Å². The monoisotopic (exact) mass is 461 g/mol. The molecule has 2 aromatic rings. The van der Waals surface area contributed by atoms with Crippen LogP contribution in [0.4, 0.5) is 9.59 Å². The lowest BCUT2D eigenvalue weighted by Crippen LogP contribution is -2.51. The number of rotatable bonds is 5. The first-order valence-electron chi connectivity index (χ1n) is 10.5. The number of carbonyl (C=O) groups is 2. The minimum Gasteiger partial charge on any atom is -0.447 e. The maximum atomic E-state index is 12.6. The summed E-state index contributed by atoms with van der Waals surface area (Å²) < 4.78 is 5.36. The number of carbonyl (C=O) groups excluding carboxylic acids is 2. The predicted molar refractivity (Wildman–Crippen MR) is 120 cm³/mol. The third kappa shape index (κ3) is 5.25. The number of amides is 3. The summed E-state index contributed by atoms with van der Waals surface area (Å²) in [5, 5.41) is 4.01. The van der Waals surface area contributed by atoms with Crippen LogP contribution in [0.3, 0.4) is 0 Å². The van der Waals surface area contributed by atoms with E-state index < -0.39 is 0 Å². The lowest BCUT2D eigenvalue weighted by atomic mass is 9.99. The molecule has 0 aliphatic carbocycles. The number of halogens is 2. The van der Waals surface area contributed by atoms with Crippen molar-refractivity contribution in [1.82, 2.24) is 15.1 Å². The molecule has 4 rings (SSSR count). The minimum atomic E-state index is -0.249. The van der Waals surface area contributed by atoms with Crippen molar-refractivity contribution in [3.05, 3.63) is 69.7 Å². The molecule has 1 atom stereocenters. The Hall–Kier alpha value is -2.44. The first-order chi connectivity index (χ1) is 15.0. The van der Waals surface area contributed by atoms with Gasteiger partial charge in [-0.25, -0.2) is 9.59 Å². The van der Waals surface area contributed by atoms with Crippen molar-refractivity contribution in [3.63, 3.8) is 0 Å². The summed E-state index contributed by atoms with van der Waals surface area (Å²) in [6.07, 6.45) is 1.99. The largest absolute Gasteiger partial charge is 0.447 e. The van der Waals surface area contributed by atoms with Crippen LogP contribution in [0.2, 0.25) is 10.0 Å². The minimum absolute atomic E-state index is 0.0346. The second-order valence-electron chi connectivity index (χ2n) is 7.94. The SMILES string of the molecule is O=C(NCc1ccc(Cl)cc1Cl)N1CCC(N2C(=O)OCC2Cc2ccccc2)CC1. The highest BCUT2D eigenvalue weighted by Gasteiger charge is 2.39. The Morgan fingerprint density at radius 3 is 2.55 bits per heavy atom. The molecule has 2 saturated heterocycles. The van der Waals surface area contributed by atoms with Gasteiger partial charge in [0.2, 0.25) is 0 Å². The average Bonchev–Trinajstić information content (AvgIpc) is 3.13. The number of likely N-dealkylation sites (tertiary alicyclic amines) is 1. The summed E-state index contributed by atoms with van der Waals surface area (Å²) in [5.41, 5.74) is 2.01. The Kier molecular flexibility index (Phi) is 6.88. The third-order valence-electron chi connectivity index (χ3n) is 5.91. The van der Waals surface area contributed by atoms with Gasteiger partial charge in [0.1, 0.15) is 6.61 Å². The standard InChI is InChI=1S/C23H25Cl2N3O3/c24-18-7-6-17(21(25)13-18)14-26-22(29)27-10-8-19(9-11-27)28-20(15-31-23(28)30)12-16-4-2-1-3-5-16/h1-7,13,19-20H,8-12,14-15H2,(H,26,29). The number of urea groups is 1. The van der Waals surface area contributed by atoms with Crippen molar-refractivity contribution in [2.75, 3.05) is 19.7 Å². The molecule has 164 valence electrons. The molecule has 8 heteroatoms. The molecule has 1 N–H and O–H groups in total. The van der Waals surface area contributed by atoms with Gasteiger partial charge in [-0.2, -0.15) is 0 Å². The van der Waals surface area contributed by atoms with E-state index in [1.165, 1.54) is 5.56 Å². The molecule has 2 aliphatic rings. The Morgan fingerprint density at radius 2 is 1.84 bits per heavy atom. The van der Waals surface area contributed by atoms with Gasteiger partial charge >= 0.3 is 12.1 Å². The van der Waals surface area contributed by atoms with E-state index in [9.17, 15) is 9.59 Å². The van der Waals surface area contributed by atoms with Gasteiger partial charge in [0.25, 0.3) is 0 Å². The molecule has 2 aromatic carbocycles. The van der Waals surface area contributed by atoms with E-state index >= 15 is 0 Å². The Bertz CT molecular complexity index is 933. The molecular formula is C23H25Cl2N3O3. The number of nitrogens with zero attached hydrogens (tertiary/aromatic N) is 2. The average molecular weight is 462 g/mol. The van der Waals surface area contributed by atoms with E-state index in [2.05, 4.69) is 17.4 Å². The topological polar surface area (TPSA) is 61.9 Å². The fourth-order valence-electron chi connectivity index (χ4n) is 4.26. The van der Waals surface area contributed by atoms with Gasteiger partial charge in [-0.3, -0.25) is 4.90 Å². The van der Waals surface area contributed by atoms with Crippen molar-refractivity contribution in [2.45, 2.75) is 37.9 Å². The molecular weight excluding hydrogens is 437 g/mol. The van der Waals surface area contributed by atoms with Gasteiger partial charge in [-0.15, -0.1) is 0 Å². The molecule has 1 unspecified atom stereocenters. The molecule has 2 aliphatic heterocycles. The number of ether oxygens (including phenoxy) is 1. The van der Waals surface area contributed by atoms with Crippen LogP contribution in [0.15, 0.2) is 48.5 Å². The fraction of sp³-hybridized carbons (Fsp3) is 0.391. The van der Waals surface area contributed by atoms with Crippen molar-refractivity contribution in [1.29, 1.82) is 0 Å². The first kappa shape index (κ1) is 21.8. The molecule has 0 bridgehead atoms. The van der Waals surface area contributed by atoms with E-state index in [1.807, 2.05) is 29.2 Å². The normalized spacial score (nSPS) is 19.4. The zero-order valence-corrected chi connectivity index (χ0v) is 18.6.